The standard InChI is InChI=1S/C8H7NO2S.CH2O3.2K/c1-2-7-4-3-5-8(6-7)12(9,10)11;2-1(3)4;;/h1,3-6H,(H2,9,10,11);(H2,2,3,4);;/q;;2*+1/p-2. The van der Waals surface area contributed by atoms with E-state index in [-0.39, 0.29) is 108 Å². The van der Waals surface area contributed by atoms with Gasteiger partial charge in [-0.05, 0) is 24.4 Å². The van der Waals surface area contributed by atoms with Crippen molar-refractivity contribution in [3.63, 3.8) is 0 Å². The molecule has 2 N–H and O–H groups in total. The first-order valence-electron chi connectivity index (χ1n) is 3.75. The first-order valence-corrected chi connectivity index (χ1v) is 5.29. The van der Waals surface area contributed by atoms with Gasteiger partial charge in [-0.1, -0.05) is 12.0 Å². The molecule has 0 amide bonds. The van der Waals surface area contributed by atoms with Gasteiger partial charge in [-0.2, -0.15) is 0 Å². The van der Waals surface area contributed by atoms with E-state index in [9.17, 15) is 8.42 Å². The summed E-state index contributed by atoms with van der Waals surface area (Å²) in [6, 6.07) is 5.94. The Labute approximate surface area is 190 Å². The summed E-state index contributed by atoms with van der Waals surface area (Å²) in [5.74, 6) is 2.32. The van der Waals surface area contributed by atoms with Gasteiger partial charge in [-0.15, -0.1) is 6.42 Å². The fourth-order valence-corrected chi connectivity index (χ4v) is 1.32. The smallest absolute Gasteiger partial charge is 0.652 e. The van der Waals surface area contributed by atoms with Crippen LogP contribution in [0.1, 0.15) is 5.56 Å². The molecular weight excluding hydrogens is 312 g/mol. The minimum atomic E-state index is -3.63. The largest absolute Gasteiger partial charge is 1.00 e. The van der Waals surface area contributed by atoms with Crippen molar-refractivity contribution < 1.29 is 126 Å². The van der Waals surface area contributed by atoms with E-state index >= 15 is 0 Å². The van der Waals surface area contributed by atoms with Crippen molar-refractivity contribution in [3.8, 4) is 12.3 Å². The van der Waals surface area contributed by atoms with Crippen LogP contribution < -0.4 is 118 Å². The number of rotatable bonds is 1. The van der Waals surface area contributed by atoms with Gasteiger partial charge in [0.1, 0.15) is 0 Å². The second-order valence-corrected chi connectivity index (χ2v) is 4.03. The second kappa shape index (κ2) is 12.0. The topological polar surface area (TPSA) is 123 Å². The molecule has 1 rings (SSSR count). The zero-order chi connectivity index (χ0) is 12.8. The van der Waals surface area contributed by atoms with Crippen LogP contribution in [-0.2, 0) is 10.0 Å². The molecule has 1 aromatic carbocycles. The Morgan fingerprint density at radius 1 is 1.28 bits per heavy atom. The van der Waals surface area contributed by atoms with Gasteiger partial charge in [0.25, 0.3) is 0 Å². The van der Waals surface area contributed by atoms with Gasteiger partial charge >= 0.3 is 103 Å². The van der Waals surface area contributed by atoms with Crippen molar-refractivity contribution in [1.29, 1.82) is 0 Å². The third-order valence-corrected chi connectivity index (χ3v) is 2.24. The van der Waals surface area contributed by atoms with Crippen LogP contribution in [0.15, 0.2) is 29.2 Å². The first kappa shape index (κ1) is 24.3. The molecule has 86 valence electrons. The maximum atomic E-state index is 10.8. The van der Waals surface area contributed by atoms with E-state index in [1.807, 2.05) is 0 Å². The Morgan fingerprint density at radius 3 is 2.06 bits per heavy atom. The number of benzene rings is 1. The molecule has 0 spiro atoms. The molecule has 0 heterocycles. The molecule has 0 saturated carbocycles. The summed E-state index contributed by atoms with van der Waals surface area (Å²) in [6.45, 7) is 0. The number of sulfonamides is 1. The number of terminal acetylenes is 1. The van der Waals surface area contributed by atoms with E-state index in [0.29, 0.717) is 5.56 Å². The van der Waals surface area contributed by atoms with E-state index < -0.39 is 16.2 Å². The SMILES string of the molecule is C#Cc1cccc(S(N)(=O)=O)c1.O=C([O-])[O-].[K+].[K+]. The van der Waals surface area contributed by atoms with Gasteiger partial charge in [-0.25, -0.2) is 13.6 Å². The van der Waals surface area contributed by atoms with Gasteiger partial charge in [0.2, 0.25) is 10.0 Å². The summed E-state index contributed by atoms with van der Waals surface area (Å²) in [5.41, 5.74) is 0.501. The van der Waals surface area contributed by atoms with Crippen LogP contribution in [0.3, 0.4) is 0 Å². The maximum absolute atomic E-state index is 10.8. The number of nitrogens with two attached hydrogens (primary N) is 1. The zero-order valence-corrected chi connectivity index (χ0v) is 17.0. The Balaban J connectivity index is -0.000000332. The number of carbonyl (C=O) groups is 1. The monoisotopic (exact) mass is 319 g/mol. The van der Waals surface area contributed by atoms with Gasteiger partial charge < -0.3 is 15.0 Å². The van der Waals surface area contributed by atoms with Crippen molar-refractivity contribution in [2.45, 2.75) is 4.90 Å². The number of carbonyl (C=O) groups excluding carboxylic acids is 1. The van der Waals surface area contributed by atoms with Crippen molar-refractivity contribution in [2.24, 2.45) is 5.14 Å². The maximum Gasteiger partial charge on any atom is 1.00 e. The minimum Gasteiger partial charge on any atom is -0.652 e. The summed E-state index contributed by atoms with van der Waals surface area (Å²) in [7, 11) is -3.63. The number of carboxylic acid groups (broad SMARTS) is 2. The van der Waals surface area contributed by atoms with Crippen LogP contribution >= 0.6 is 0 Å². The van der Waals surface area contributed by atoms with E-state index in [1.54, 1.807) is 12.1 Å². The van der Waals surface area contributed by atoms with Gasteiger partial charge in [0.05, 0.1) is 4.90 Å². The van der Waals surface area contributed by atoms with Crippen LogP contribution in [0.2, 0.25) is 0 Å². The van der Waals surface area contributed by atoms with Crippen molar-refractivity contribution in [3.05, 3.63) is 29.8 Å². The third kappa shape index (κ3) is 12.3. The fourth-order valence-electron chi connectivity index (χ4n) is 0.763. The molecule has 18 heavy (non-hydrogen) atoms. The number of hydrogen-bond donors (Lipinski definition) is 1. The van der Waals surface area contributed by atoms with Crippen LogP contribution in [0.4, 0.5) is 4.79 Å². The van der Waals surface area contributed by atoms with Crippen molar-refractivity contribution >= 4 is 16.2 Å². The Bertz CT molecular complexity index is 520. The predicted octanol–water partition coefficient (Wildman–Crippen LogP) is -8.12. The fraction of sp³-hybridized carbons (Fsp3) is 0. The Hall–Kier alpha value is 1.23. The quantitative estimate of drug-likeness (QED) is 0.407. The normalized spacial score (nSPS) is 8.44. The first-order chi connectivity index (χ1) is 7.27. The van der Waals surface area contributed by atoms with E-state index in [1.165, 1.54) is 12.1 Å². The summed E-state index contributed by atoms with van der Waals surface area (Å²) in [5, 5.41) is 21.6. The summed E-state index contributed by atoms with van der Waals surface area (Å²) in [6.07, 6.45) is 2.74. The van der Waals surface area contributed by atoms with Crippen LogP contribution in [-0.4, -0.2) is 14.6 Å². The molecule has 0 fully saturated rings. The Kier molecular flexibility index (Phi) is 16.2. The van der Waals surface area contributed by atoms with Crippen molar-refractivity contribution in [2.75, 3.05) is 0 Å². The van der Waals surface area contributed by atoms with Crippen LogP contribution in [0.25, 0.3) is 0 Å². The molecule has 0 atom stereocenters. The molecule has 9 heteroatoms. The Morgan fingerprint density at radius 2 is 1.72 bits per heavy atom. The van der Waals surface area contributed by atoms with E-state index in [4.69, 9.17) is 26.6 Å². The molecule has 0 aromatic heterocycles. The molecule has 1 aromatic rings. The summed E-state index contributed by atoms with van der Waals surface area (Å²) in [4.78, 5) is 8.37. The zero-order valence-electron chi connectivity index (χ0n) is 9.91. The molecule has 0 aliphatic heterocycles. The number of hydrogen-bond acceptors (Lipinski definition) is 5. The minimum absolute atomic E-state index is 0. The number of primary sulfonamides is 1. The second-order valence-electron chi connectivity index (χ2n) is 2.47. The summed E-state index contributed by atoms with van der Waals surface area (Å²) >= 11 is 0. The molecule has 0 bridgehead atoms. The van der Waals surface area contributed by atoms with Crippen LogP contribution in [0.5, 0.6) is 0 Å². The van der Waals surface area contributed by atoms with Crippen LogP contribution in [0, 0.1) is 12.3 Å². The van der Waals surface area contributed by atoms with E-state index in [0.717, 1.165) is 0 Å². The average molecular weight is 319 g/mol. The molecular formula is C9H7K2NO5S. The molecule has 0 aliphatic carbocycles. The molecule has 0 aliphatic rings. The molecule has 0 saturated heterocycles. The molecule has 0 radical (unpaired) electrons. The molecule has 0 unspecified atom stereocenters. The van der Waals surface area contributed by atoms with E-state index in [2.05, 4.69) is 5.92 Å². The molecule has 6 nitrogen and oxygen atoms in total. The van der Waals surface area contributed by atoms with Gasteiger partial charge in [0.15, 0.2) is 0 Å². The third-order valence-electron chi connectivity index (χ3n) is 1.33. The van der Waals surface area contributed by atoms with Gasteiger partial charge in [-0.3, -0.25) is 0 Å². The van der Waals surface area contributed by atoms with Crippen molar-refractivity contribution in [1.82, 2.24) is 0 Å². The predicted molar refractivity (Wildman–Crippen MR) is 51.1 cm³/mol. The summed E-state index contributed by atoms with van der Waals surface area (Å²) < 4.78 is 21.6. The average Bonchev–Trinajstić information content (AvgIpc) is 2.16. The van der Waals surface area contributed by atoms with Gasteiger partial charge in [0, 0.05) is 5.56 Å².